The van der Waals surface area contributed by atoms with Gasteiger partial charge in [0.25, 0.3) is 5.56 Å². The standard InChI is InChI=1S/C25H29N5O/c1-18(2)12-20-4-5-21(16-26)23(14-20)29-10-8-28(9-11-29)17-22-15-25(31)30-7-6-19(3)13-24(30)27-22/h4-7,13-15,18H,8-12,17H2,1-3H3. The van der Waals surface area contributed by atoms with E-state index in [4.69, 9.17) is 4.98 Å². The van der Waals surface area contributed by atoms with Crippen molar-refractivity contribution in [3.63, 3.8) is 0 Å². The zero-order valence-electron chi connectivity index (χ0n) is 18.5. The summed E-state index contributed by atoms with van der Waals surface area (Å²) in [5, 5.41) is 9.57. The lowest BCUT2D eigenvalue weighted by Crippen LogP contribution is -2.46. The number of nitrogens with zero attached hydrogens (tertiary/aromatic N) is 5. The Bertz CT molecular complexity index is 1180. The van der Waals surface area contributed by atoms with Gasteiger partial charge < -0.3 is 4.90 Å². The van der Waals surface area contributed by atoms with E-state index in [0.717, 1.165) is 55.1 Å². The monoisotopic (exact) mass is 415 g/mol. The minimum atomic E-state index is -0.0423. The van der Waals surface area contributed by atoms with E-state index in [1.165, 1.54) is 5.56 Å². The van der Waals surface area contributed by atoms with Crippen molar-refractivity contribution >= 4 is 11.3 Å². The van der Waals surface area contributed by atoms with Gasteiger partial charge >= 0.3 is 0 Å². The Labute approximate surface area is 183 Å². The van der Waals surface area contributed by atoms with Crippen molar-refractivity contribution in [2.75, 3.05) is 31.1 Å². The van der Waals surface area contributed by atoms with Gasteiger partial charge in [-0.05, 0) is 54.7 Å². The van der Waals surface area contributed by atoms with Gasteiger partial charge in [0.05, 0.1) is 16.9 Å². The van der Waals surface area contributed by atoms with Crippen molar-refractivity contribution < 1.29 is 0 Å². The Kier molecular flexibility index (Phi) is 6.06. The predicted molar refractivity (Wildman–Crippen MR) is 123 cm³/mol. The van der Waals surface area contributed by atoms with Gasteiger partial charge in [-0.2, -0.15) is 5.26 Å². The number of nitriles is 1. The molecule has 0 radical (unpaired) electrons. The fourth-order valence-electron chi connectivity index (χ4n) is 4.24. The molecule has 0 bridgehead atoms. The van der Waals surface area contributed by atoms with Crippen molar-refractivity contribution in [3.05, 3.63) is 75.3 Å². The van der Waals surface area contributed by atoms with Crippen LogP contribution in [0.3, 0.4) is 0 Å². The van der Waals surface area contributed by atoms with E-state index in [1.54, 1.807) is 16.7 Å². The van der Waals surface area contributed by atoms with Gasteiger partial charge in [0, 0.05) is 45.0 Å². The van der Waals surface area contributed by atoms with Gasteiger partial charge in [0.2, 0.25) is 0 Å². The van der Waals surface area contributed by atoms with Gasteiger partial charge in [0.15, 0.2) is 0 Å². The molecule has 160 valence electrons. The highest BCUT2D eigenvalue weighted by atomic mass is 16.1. The summed E-state index contributed by atoms with van der Waals surface area (Å²) in [7, 11) is 0. The number of hydrogen-bond donors (Lipinski definition) is 0. The number of fused-ring (bicyclic) bond motifs is 1. The third-order valence-electron chi connectivity index (χ3n) is 5.80. The summed E-state index contributed by atoms with van der Waals surface area (Å²) < 4.78 is 1.59. The maximum atomic E-state index is 12.4. The highest BCUT2D eigenvalue weighted by Gasteiger charge is 2.20. The summed E-state index contributed by atoms with van der Waals surface area (Å²) in [6.45, 7) is 10.5. The largest absolute Gasteiger partial charge is 0.368 e. The molecule has 1 fully saturated rings. The third kappa shape index (κ3) is 4.78. The van der Waals surface area contributed by atoms with Gasteiger partial charge in [-0.15, -0.1) is 0 Å². The Morgan fingerprint density at radius 2 is 1.87 bits per heavy atom. The van der Waals surface area contributed by atoms with Crippen LogP contribution in [0.2, 0.25) is 0 Å². The maximum Gasteiger partial charge on any atom is 0.258 e. The van der Waals surface area contributed by atoms with Gasteiger partial charge in [0.1, 0.15) is 11.7 Å². The number of hydrogen-bond acceptors (Lipinski definition) is 5. The molecule has 0 aliphatic carbocycles. The SMILES string of the molecule is Cc1ccn2c(=O)cc(CN3CCN(c4cc(CC(C)C)ccc4C#N)CC3)nc2c1. The van der Waals surface area contributed by atoms with Crippen LogP contribution in [-0.4, -0.2) is 40.5 Å². The first-order valence-corrected chi connectivity index (χ1v) is 10.9. The summed E-state index contributed by atoms with van der Waals surface area (Å²) in [6.07, 6.45) is 2.80. The molecule has 1 aliphatic heterocycles. The molecule has 0 spiro atoms. The van der Waals surface area contributed by atoms with E-state index in [2.05, 4.69) is 41.8 Å². The second-order valence-corrected chi connectivity index (χ2v) is 8.84. The molecular weight excluding hydrogens is 386 g/mol. The maximum absolute atomic E-state index is 12.4. The Balaban J connectivity index is 1.46. The second-order valence-electron chi connectivity index (χ2n) is 8.84. The molecule has 3 aromatic rings. The predicted octanol–water partition coefficient (Wildman–Crippen LogP) is 3.40. The molecular formula is C25H29N5O. The number of rotatable bonds is 5. The van der Waals surface area contributed by atoms with Crippen LogP contribution in [0.5, 0.6) is 0 Å². The van der Waals surface area contributed by atoms with Gasteiger partial charge in [-0.3, -0.25) is 14.1 Å². The summed E-state index contributed by atoms with van der Waals surface area (Å²) >= 11 is 0. The summed E-state index contributed by atoms with van der Waals surface area (Å²) in [4.78, 5) is 21.8. The molecule has 1 aliphatic rings. The molecule has 1 aromatic carbocycles. The zero-order chi connectivity index (χ0) is 22.0. The number of anilines is 1. The number of aryl methyl sites for hydroxylation is 1. The van der Waals surface area contributed by atoms with Crippen LogP contribution in [-0.2, 0) is 13.0 Å². The molecule has 0 saturated carbocycles. The number of pyridine rings is 1. The van der Waals surface area contributed by atoms with Crippen LogP contribution in [0.4, 0.5) is 5.69 Å². The fraction of sp³-hybridized carbons (Fsp3) is 0.400. The van der Waals surface area contributed by atoms with Crippen molar-refractivity contribution in [2.45, 2.75) is 33.7 Å². The van der Waals surface area contributed by atoms with Crippen molar-refractivity contribution in [3.8, 4) is 6.07 Å². The first-order valence-electron chi connectivity index (χ1n) is 10.9. The Hall–Kier alpha value is -3.17. The number of benzene rings is 1. The first-order chi connectivity index (χ1) is 14.9. The Morgan fingerprint density at radius 1 is 1.10 bits per heavy atom. The van der Waals surface area contributed by atoms with Crippen LogP contribution in [0.15, 0.2) is 47.4 Å². The molecule has 1 saturated heterocycles. The molecule has 0 unspecified atom stereocenters. The van der Waals surface area contributed by atoms with Crippen LogP contribution >= 0.6 is 0 Å². The van der Waals surface area contributed by atoms with E-state index >= 15 is 0 Å². The fourth-order valence-corrected chi connectivity index (χ4v) is 4.24. The molecule has 0 atom stereocenters. The average molecular weight is 416 g/mol. The molecule has 3 heterocycles. The molecule has 2 aromatic heterocycles. The van der Waals surface area contributed by atoms with Gasteiger partial charge in [-0.25, -0.2) is 4.98 Å². The third-order valence-corrected chi connectivity index (χ3v) is 5.80. The molecule has 0 N–H and O–H groups in total. The number of piperazine rings is 1. The lowest BCUT2D eigenvalue weighted by molar-refractivity contribution is 0.247. The van der Waals surface area contributed by atoms with Crippen molar-refractivity contribution in [1.29, 1.82) is 5.26 Å². The van der Waals surface area contributed by atoms with E-state index < -0.39 is 0 Å². The molecule has 31 heavy (non-hydrogen) atoms. The zero-order valence-corrected chi connectivity index (χ0v) is 18.5. The minimum absolute atomic E-state index is 0.0423. The highest BCUT2D eigenvalue weighted by molar-refractivity contribution is 5.61. The summed E-state index contributed by atoms with van der Waals surface area (Å²) in [5.74, 6) is 0.583. The van der Waals surface area contributed by atoms with E-state index in [9.17, 15) is 10.1 Å². The van der Waals surface area contributed by atoms with Crippen LogP contribution in [0.25, 0.3) is 5.65 Å². The molecule has 6 nitrogen and oxygen atoms in total. The quantitative estimate of drug-likeness (QED) is 0.639. The van der Waals surface area contributed by atoms with Gasteiger partial charge in [-0.1, -0.05) is 19.9 Å². The lowest BCUT2D eigenvalue weighted by atomic mass is 10.00. The van der Waals surface area contributed by atoms with E-state index in [-0.39, 0.29) is 5.56 Å². The normalized spacial score (nSPS) is 14.9. The average Bonchev–Trinajstić information content (AvgIpc) is 2.73. The van der Waals surface area contributed by atoms with Crippen LogP contribution in [0, 0.1) is 24.2 Å². The van der Waals surface area contributed by atoms with Crippen molar-refractivity contribution in [1.82, 2.24) is 14.3 Å². The van der Waals surface area contributed by atoms with Crippen LogP contribution in [0.1, 0.15) is 36.2 Å². The van der Waals surface area contributed by atoms with E-state index in [1.807, 2.05) is 25.1 Å². The summed E-state index contributed by atoms with van der Waals surface area (Å²) in [5.41, 5.74) is 5.60. The van der Waals surface area contributed by atoms with Crippen LogP contribution < -0.4 is 10.5 Å². The minimum Gasteiger partial charge on any atom is -0.368 e. The smallest absolute Gasteiger partial charge is 0.258 e. The first kappa shape index (κ1) is 21.1. The van der Waals surface area contributed by atoms with E-state index in [0.29, 0.717) is 18.1 Å². The number of aromatic nitrogens is 2. The second kappa shape index (κ2) is 8.91. The molecule has 0 amide bonds. The Morgan fingerprint density at radius 3 is 2.58 bits per heavy atom. The topological polar surface area (TPSA) is 64.6 Å². The molecule has 6 heteroatoms. The summed E-state index contributed by atoms with van der Waals surface area (Å²) in [6, 6.07) is 14.1. The molecule has 4 rings (SSSR count). The lowest BCUT2D eigenvalue weighted by Gasteiger charge is -2.36. The highest BCUT2D eigenvalue weighted by Crippen LogP contribution is 2.25. The van der Waals surface area contributed by atoms with Crippen molar-refractivity contribution in [2.24, 2.45) is 5.92 Å².